The van der Waals surface area contributed by atoms with Gasteiger partial charge in [-0.1, -0.05) is 24.3 Å². The topological polar surface area (TPSA) is 81.8 Å². The largest absolute Gasteiger partial charge is 0.464 e. The quantitative estimate of drug-likeness (QED) is 0.712. The van der Waals surface area contributed by atoms with Crippen LogP contribution in [0.2, 0.25) is 0 Å². The predicted octanol–water partition coefficient (Wildman–Crippen LogP) is 3.76. The van der Waals surface area contributed by atoms with Crippen molar-refractivity contribution in [1.82, 2.24) is 5.43 Å². The van der Waals surface area contributed by atoms with Crippen LogP contribution in [-0.2, 0) is 6.54 Å². The summed E-state index contributed by atoms with van der Waals surface area (Å²) in [6.07, 6.45) is 2.46. The summed E-state index contributed by atoms with van der Waals surface area (Å²) in [5.41, 5.74) is 13.0. The Bertz CT molecular complexity index is 755. The van der Waals surface area contributed by atoms with Crippen molar-refractivity contribution >= 4 is 23.2 Å². The minimum absolute atomic E-state index is 0.454. The Morgan fingerprint density at radius 3 is 2.46 bits per heavy atom. The number of hydrogen-bond acceptors (Lipinski definition) is 4. The zero-order valence-corrected chi connectivity index (χ0v) is 15.1. The first-order valence-electron chi connectivity index (χ1n) is 9.03. The summed E-state index contributed by atoms with van der Waals surface area (Å²) in [4.78, 5) is 13.8. The number of hydrazine groups is 1. The van der Waals surface area contributed by atoms with Crippen LogP contribution in [0.1, 0.15) is 30.4 Å². The molecule has 2 aromatic carbocycles. The lowest BCUT2D eigenvalue weighted by atomic mass is 10.1. The van der Waals surface area contributed by atoms with Crippen molar-refractivity contribution in [3.8, 4) is 0 Å². The van der Waals surface area contributed by atoms with Gasteiger partial charge in [0.1, 0.15) is 0 Å². The highest BCUT2D eigenvalue weighted by molar-refractivity contribution is 5.83. The van der Waals surface area contributed by atoms with E-state index in [-0.39, 0.29) is 0 Å². The third-order valence-corrected chi connectivity index (χ3v) is 4.77. The number of hydrogen-bond donors (Lipinski definition) is 3. The molecule has 0 saturated carbocycles. The first kappa shape index (κ1) is 18.1. The van der Waals surface area contributed by atoms with Crippen LogP contribution >= 0.6 is 0 Å². The number of carboxylic acid groups (broad SMARTS) is 1. The molecule has 0 aliphatic carbocycles. The molecule has 0 spiro atoms. The summed E-state index contributed by atoms with van der Waals surface area (Å²) in [6, 6.07) is 13.7. The second kappa shape index (κ2) is 8.10. The van der Waals surface area contributed by atoms with Gasteiger partial charge in [-0.15, -0.1) is 0 Å². The number of piperidine rings is 1. The summed E-state index contributed by atoms with van der Waals surface area (Å²) in [5.74, 6) is 0. The van der Waals surface area contributed by atoms with Crippen molar-refractivity contribution in [2.45, 2.75) is 32.7 Å². The molecule has 138 valence electrons. The third-order valence-electron chi connectivity index (χ3n) is 4.77. The van der Waals surface area contributed by atoms with E-state index in [1.165, 1.54) is 6.42 Å². The number of amides is 1. The molecule has 0 radical (unpaired) electrons. The average Bonchev–Trinajstić information content (AvgIpc) is 2.67. The van der Waals surface area contributed by atoms with Gasteiger partial charge in [0.05, 0.1) is 17.1 Å². The van der Waals surface area contributed by atoms with Crippen LogP contribution in [0.15, 0.2) is 42.5 Å². The van der Waals surface area contributed by atoms with Crippen LogP contribution in [0.25, 0.3) is 0 Å². The molecular weight excluding hydrogens is 328 g/mol. The Morgan fingerprint density at radius 1 is 1.15 bits per heavy atom. The maximum Gasteiger partial charge on any atom is 0.423 e. The summed E-state index contributed by atoms with van der Waals surface area (Å²) in [6.45, 7) is 4.44. The van der Waals surface area contributed by atoms with Gasteiger partial charge in [-0.2, -0.15) is 0 Å². The molecule has 1 saturated heterocycles. The fraction of sp³-hybridized carbons (Fsp3) is 0.350. The van der Waals surface area contributed by atoms with Gasteiger partial charge in [-0.05, 0) is 55.5 Å². The Kier molecular flexibility index (Phi) is 5.63. The normalized spacial score (nSPS) is 14.2. The van der Waals surface area contributed by atoms with E-state index in [9.17, 15) is 9.90 Å². The minimum Gasteiger partial charge on any atom is -0.464 e. The summed E-state index contributed by atoms with van der Waals surface area (Å²) in [5, 5.41) is 11.1. The minimum atomic E-state index is -1.10. The number of nitrogens with zero attached hydrogens (tertiary/aromatic N) is 2. The molecule has 1 amide bonds. The predicted molar refractivity (Wildman–Crippen MR) is 105 cm³/mol. The molecule has 1 aliphatic heterocycles. The van der Waals surface area contributed by atoms with Gasteiger partial charge in [0, 0.05) is 19.6 Å². The van der Waals surface area contributed by atoms with Gasteiger partial charge in [0.15, 0.2) is 0 Å². The average molecular weight is 354 g/mol. The third kappa shape index (κ3) is 3.91. The molecular formula is C20H26N4O2. The van der Waals surface area contributed by atoms with Crippen molar-refractivity contribution in [1.29, 1.82) is 0 Å². The highest BCUT2D eigenvalue weighted by Gasteiger charge is 2.22. The van der Waals surface area contributed by atoms with Gasteiger partial charge in [0.25, 0.3) is 0 Å². The van der Waals surface area contributed by atoms with E-state index < -0.39 is 6.09 Å². The molecule has 6 nitrogen and oxygen atoms in total. The highest BCUT2D eigenvalue weighted by Crippen LogP contribution is 2.37. The van der Waals surface area contributed by atoms with Crippen LogP contribution < -0.4 is 21.1 Å². The van der Waals surface area contributed by atoms with Crippen molar-refractivity contribution in [2.24, 2.45) is 5.73 Å². The van der Waals surface area contributed by atoms with E-state index in [0.717, 1.165) is 54.1 Å². The van der Waals surface area contributed by atoms with Crippen LogP contribution in [0, 0.1) is 6.92 Å². The van der Waals surface area contributed by atoms with E-state index >= 15 is 0 Å². The van der Waals surface area contributed by atoms with Gasteiger partial charge >= 0.3 is 6.09 Å². The first-order chi connectivity index (χ1) is 12.6. The second-order valence-electron chi connectivity index (χ2n) is 6.61. The van der Waals surface area contributed by atoms with E-state index in [0.29, 0.717) is 6.54 Å². The zero-order chi connectivity index (χ0) is 18.5. The number of anilines is 3. The number of benzene rings is 2. The fourth-order valence-corrected chi connectivity index (χ4v) is 3.45. The fourth-order valence-electron chi connectivity index (χ4n) is 3.45. The molecule has 0 aromatic heterocycles. The molecule has 26 heavy (non-hydrogen) atoms. The number of nitrogens with two attached hydrogens (primary N) is 1. The van der Waals surface area contributed by atoms with Gasteiger partial charge in [-0.3, -0.25) is 0 Å². The smallest absolute Gasteiger partial charge is 0.423 e. The molecule has 0 unspecified atom stereocenters. The first-order valence-corrected chi connectivity index (χ1v) is 9.03. The number of carbonyl (C=O) groups is 1. The molecule has 1 aliphatic rings. The molecule has 1 fully saturated rings. The lowest BCUT2D eigenvalue weighted by Gasteiger charge is -2.35. The van der Waals surface area contributed by atoms with Crippen LogP contribution in [0.3, 0.4) is 0 Å². The summed E-state index contributed by atoms with van der Waals surface area (Å²) < 4.78 is 0. The Morgan fingerprint density at radius 2 is 1.85 bits per heavy atom. The van der Waals surface area contributed by atoms with E-state index in [1.807, 2.05) is 43.3 Å². The number of aryl methyl sites for hydroxylation is 1. The number of nitrogens with one attached hydrogen (secondary N) is 1. The molecule has 0 bridgehead atoms. The van der Waals surface area contributed by atoms with Gasteiger partial charge in [0.2, 0.25) is 0 Å². The monoisotopic (exact) mass is 354 g/mol. The molecule has 3 rings (SSSR count). The van der Waals surface area contributed by atoms with Crippen molar-refractivity contribution in [3.05, 3.63) is 53.6 Å². The van der Waals surface area contributed by atoms with Crippen LogP contribution in [-0.4, -0.2) is 24.3 Å². The lowest BCUT2D eigenvalue weighted by molar-refractivity contribution is 0.194. The second-order valence-corrected chi connectivity index (χ2v) is 6.61. The Labute approximate surface area is 154 Å². The molecule has 4 N–H and O–H groups in total. The molecule has 1 heterocycles. The Hall–Kier alpha value is -2.73. The van der Waals surface area contributed by atoms with E-state index in [2.05, 4.69) is 16.4 Å². The Balaban J connectivity index is 2.06. The molecule has 0 atom stereocenters. The maximum atomic E-state index is 11.5. The zero-order valence-electron chi connectivity index (χ0n) is 15.1. The van der Waals surface area contributed by atoms with Crippen LogP contribution in [0.4, 0.5) is 21.9 Å². The van der Waals surface area contributed by atoms with Crippen molar-refractivity contribution < 1.29 is 9.90 Å². The molecule has 6 heteroatoms. The maximum absolute atomic E-state index is 11.5. The van der Waals surface area contributed by atoms with Crippen molar-refractivity contribution in [3.63, 3.8) is 0 Å². The SMILES string of the molecule is Cc1cccc(N2CCCCC2)c1N(NC(=O)O)c1ccc(CN)cc1. The summed E-state index contributed by atoms with van der Waals surface area (Å²) >= 11 is 0. The molecule has 2 aromatic rings. The van der Waals surface area contributed by atoms with Crippen molar-refractivity contribution in [2.75, 3.05) is 23.0 Å². The number of para-hydroxylation sites is 1. The number of rotatable bonds is 5. The summed E-state index contributed by atoms with van der Waals surface area (Å²) in [7, 11) is 0. The van der Waals surface area contributed by atoms with Crippen LogP contribution in [0.5, 0.6) is 0 Å². The van der Waals surface area contributed by atoms with E-state index in [1.54, 1.807) is 5.01 Å². The van der Waals surface area contributed by atoms with Gasteiger partial charge in [-0.25, -0.2) is 15.2 Å². The van der Waals surface area contributed by atoms with E-state index in [4.69, 9.17) is 5.73 Å². The highest BCUT2D eigenvalue weighted by atomic mass is 16.4. The standard InChI is InChI=1S/C20H26N4O2/c1-15-6-5-7-18(23-12-3-2-4-13-23)19(15)24(22-20(25)26)17-10-8-16(14-21)9-11-17/h5-11,22H,2-4,12-14,21H2,1H3,(H,25,26). The van der Waals surface area contributed by atoms with Gasteiger partial charge < -0.3 is 15.7 Å². The lowest BCUT2D eigenvalue weighted by Crippen LogP contribution is -2.40.